The molecule has 0 bridgehead atoms. The predicted octanol–water partition coefficient (Wildman–Crippen LogP) is 1.94. The molecule has 1 amide bonds. The van der Waals surface area contributed by atoms with Gasteiger partial charge in [0.05, 0.1) is 6.20 Å². The quantitative estimate of drug-likeness (QED) is 0.822. The van der Waals surface area contributed by atoms with Crippen molar-refractivity contribution in [3.05, 3.63) is 17.8 Å². The van der Waals surface area contributed by atoms with Gasteiger partial charge in [0.1, 0.15) is 0 Å². The molecule has 0 saturated heterocycles. The van der Waals surface area contributed by atoms with E-state index in [2.05, 4.69) is 24.1 Å². The van der Waals surface area contributed by atoms with Crippen molar-refractivity contribution in [2.45, 2.75) is 32.6 Å². The zero-order valence-electron chi connectivity index (χ0n) is 9.12. The highest BCUT2D eigenvalue weighted by Crippen LogP contribution is 2.39. The third-order valence-corrected chi connectivity index (χ3v) is 2.34. The zero-order valence-corrected chi connectivity index (χ0v) is 9.12. The van der Waals surface area contributed by atoms with Crippen molar-refractivity contribution >= 4 is 5.91 Å². The van der Waals surface area contributed by atoms with Crippen LogP contribution in [0.15, 0.2) is 10.6 Å². The second-order valence-electron chi connectivity index (χ2n) is 4.44. The SMILES string of the molecule is CC(C)CNC(=O)c1cnc(C2CC2)o1. The van der Waals surface area contributed by atoms with E-state index in [1.54, 1.807) is 0 Å². The maximum atomic E-state index is 11.6. The average Bonchev–Trinajstić information content (AvgIpc) is 2.93. The first-order valence-corrected chi connectivity index (χ1v) is 5.40. The van der Waals surface area contributed by atoms with Gasteiger partial charge >= 0.3 is 0 Å². The highest BCUT2D eigenvalue weighted by atomic mass is 16.4. The van der Waals surface area contributed by atoms with E-state index < -0.39 is 0 Å². The molecule has 2 rings (SSSR count). The highest BCUT2D eigenvalue weighted by molar-refractivity contribution is 5.91. The van der Waals surface area contributed by atoms with Crippen LogP contribution in [0.25, 0.3) is 0 Å². The summed E-state index contributed by atoms with van der Waals surface area (Å²) in [5, 5.41) is 2.80. The Labute approximate surface area is 89.1 Å². The molecule has 1 aliphatic carbocycles. The smallest absolute Gasteiger partial charge is 0.288 e. The van der Waals surface area contributed by atoms with Gasteiger partial charge in [-0.25, -0.2) is 4.98 Å². The first-order valence-electron chi connectivity index (χ1n) is 5.40. The van der Waals surface area contributed by atoms with Gasteiger partial charge in [-0.15, -0.1) is 0 Å². The van der Waals surface area contributed by atoms with Gasteiger partial charge in [0.25, 0.3) is 5.91 Å². The summed E-state index contributed by atoms with van der Waals surface area (Å²) in [6.45, 7) is 4.77. The number of rotatable bonds is 4. The Kier molecular flexibility index (Phi) is 2.75. The lowest BCUT2D eigenvalue weighted by atomic mass is 10.2. The van der Waals surface area contributed by atoms with Crippen LogP contribution in [0, 0.1) is 5.92 Å². The number of nitrogens with one attached hydrogen (secondary N) is 1. The van der Waals surface area contributed by atoms with Crippen LogP contribution in [-0.4, -0.2) is 17.4 Å². The summed E-state index contributed by atoms with van der Waals surface area (Å²) >= 11 is 0. The summed E-state index contributed by atoms with van der Waals surface area (Å²) < 4.78 is 5.38. The molecule has 1 saturated carbocycles. The second kappa shape index (κ2) is 4.04. The maximum Gasteiger partial charge on any atom is 0.288 e. The predicted molar refractivity (Wildman–Crippen MR) is 55.6 cm³/mol. The van der Waals surface area contributed by atoms with Gasteiger partial charge < -0.3 is 9.73 Å². The summed E-state index contributed by atoms with van der Waals surface area (Å²) in [4.78, 5) is 15.7. The molecule has 0 aromatic carbocycles. The molecular weight excluding hydrogens is 192 g/mol. The molecule has 1 heterocycles. The molecule has 1 aliphatic rings. The van der Waals surface area contributed by atoms with Crippen LogP contribution in [0.4, 0.5) is 0 Å². The second-order valence-corrected chi connectivity index (χ2v) is 4.44. The molecule has 1 aromatic rings. The average molecular weight is 208 g/mol. The Morgan fingerprint density at radius 3 is 3.00 bits per heavy atom. The Morgan fingerprint density at radius 1 is 1.67 bits per heavy atom. The van der Waals surface area contributed by atoms with E-state index in [4.69, 9.17) is 4.42 Å². The third kappa shape index (κ3) is 2.58. The molecular formula is C11H16N2O2. The first-order chi connectivity index (χ1) is 7.16. The van der Waals surface area contributed by atoms with Crippen molar-refractivity contribution in [2.75, 3.05) is 6.54 Å². The van der Waals surface area contributed by atoms with Crippen molar-refractivity contribution in [3.8, 4) is 0 Å². The van der Waals surface area contributed by atoms with Crippen molar-refractivity contribution in [1.82, 2.24) is 10.3 Å². The largest absolute Gasteiger partial charge is 0.435 e. The summed E-state index contributed by atoms with van der Waals surface area (Å²) in [6, 6.07) is 0. The van der Waals surface area contributed by atoms with Crippen LogP contribution < -0.4 is 5.32 Å². The van der Waals surface area contributed by atoms with Crippen LogP contribution in [0.3, 0.4) is 0 Å². The number of hydrogen-bond acceptors (Lipinski definition) is 3. The molecule has 0 aliphatic heterocycles. The molecule has 0 radical (unpaired) electrons. The first kappa shape index (κ1) is 10.2. The summed E-state index contributed by atoms with van der Waals surface area (Å²) in [7, 11) is 0. The topological polar surface area (TPSA) is 55.1 Å². The lowest BCUT2D eigenvalue weighted by molar-refractivity contribution is 0.0919. The fraction of sp³-hybridized carbons (Fsp3) is 0.636. The number of oxazole rings is 1. The Balaban J connectivity index is 1.93. The van der Waals surface area contributed by atoms with E-state index in [9.17, 15) is 4.79 Å². The van der Waals surface area contributed by atoms with Crippen LogP contribution in [0.5, 0.6) is 0 Å². The lowest BCUT2D eigenvalue weighted by Gasteiger charge is -2.04. The van der Waals surface area contributed by atoms with E-state index in [-0.39, 0.29) is 5.91 Å². The van der Waals surface area contributed by atoms with Crippen molar-refractivity contribution in [2.24, 2.45) is 5.92 Å². The number of carbonyl (C=O) groups excluding carboxylic acids is 1. The molecule has 82 valence electrons. The number of hydrogen-bond donors (Lipinski definition) is 1. The highest BCUT2D eigenvalue weighted by Gasteiger charge is 2.29. The van der Waals surface area contributed by atoms with Crippen LogP contribution >= 0.6 is 0 Å². The number of carbonyl (C=O) groups is 1. The molecule has 15 heavy (non-hydrogen) atoms. The van der Waals surface area contributed by atoms with Crippen molar-refractivity contribution in [1.29, 1.82) is 0 Å². The molecule has 1 aromatic heterocycles. The molecule has 1 fully saturated rings. The van der Waals surface area contributed by atoms with Crippen LogP contribution in [0.2, 0.25) is 0 Å². The number of amides is 1. The Morgan fingerprint density at radius 2 is 2.40 bits per heavy atom. The number of aromatic nitrogens is 1. The molecule has 0 atom stereocenters. The summed E-state index contributed by atoms with van der Waals surface area (Å²) in [5.41, 5.74) is 0. The van der Waals surface area contributed by atoms with Crippen LogP contribution in [0.1, 0.15) is 49.1 Å². The minimum atomic E-state index is -0.164. The molecule has 4 heteroatoms. The minimum absolute atomic E-state index is 0.164. The standard InChI is InChI=1S/C11H16N2O2/c1-7(2)5-12-10(14)9-6-13-11(15-9)8-3-4-8/h6-8H,3-5H2,1-2H3,(H,12,14). The normalized spacial score (nSPS) is 15.7. The van der Waals surface area contributed by atoms with Crippen molar-refractivity contribution < 1.29 is 9.21 Å². The summed E-state index contributed by atoms with van der Waals surface area (Å²) in [5.74, 6) is 1.78. The minimum Gasteiger partial charge on any atom is -0.435 e. The van der Waals surface area contributed by atoms with E-state index in [1.807, 2.05) is 0 Å². The molecule has 0 spiro atoms. The monoisotopic (exact) mass is 208 g/mol. The fourth-order valence-electron chi connectivity index (χ4n) is 1.30. The Hall–Kier alpha value is -1.32. The Bertz CT molecular complexity index is 353. The molecule has 1 N–H and O–H groups in total. The molecule has 4 nitrogen and oxygen atoms in total. The van der Waals surface area contributed by atoms with Gasteiger partial charge in [0, 0.05) is 12.5 Å². The number of nitrogens with zero attached hydrogens (tertiary/aromatic N) is 1. The maximum absolute atomic E-state index is 11.6. The third-order valence-electron chi connectivity index (χ3n) is 2.34. The van der Waals surface area contributed by atoms with Gasteiger partial charge in [-0.2, -0.15) is 0 Å². The zero-order chi connectivity index (χ0) is 10.8. The van der Waals surface area contributed by atoms with E-state index in [0.29, 0.717) is 30.0 Å². The van der Waals surface area contributed by atoms with Gasteiger partial charge in [0.15, 0.2) is 5.89 Å². The van der Waals surface area contributed by atoms with E-state index in [1.165, 1.54) is 6.20 Å². The van der Waals surface area contributed by atoms with Gasteiger partial charge in [0.2, 0.25) is 5.76 Å². The van der Waals surface area contributed by atoms with Crippen molar-refractivity contribution in [3.63, 3.8) is 0 Å². The van der Waals surface area contributed by atoms with E-state index >= 15 is 0 Å². The van der Waals surface area contributed by atoms with Gasteiger partial charge in [-0.1, -0.05) is 13.8 Å². The summed E-state index contributed by atoms with van der Waals surface area (Å²) in [6.07, 6.45) is 3.78. The van der Waals surface area contributed by atoms with E-state index in [0.717, 1.165) is 12.8 Å². The van der Waals surface area contributed by atoms with Crippen LogP contribution in [-0.2, 0) is 0 Å². The lowest BCUT2D eigenvalue weighted by Crippen LogP contribution is -2.26. The molecule has 0 unspecified atom stereocenters. The van der Waals surface area contributed by atoms with Gasteiger partial charge in [-0.3, -0.25) is 4.79 Å². The fourth-order valence-corrected chi connectivity index (χ4v) is 1.30. The van der Waals surface area contributed by atoms with Gasteiger partial charge in [-0.05, 0) is 18.8 Å².